The first kappa shape index (κ1) is 16.5. The summed E-state index contributed by atoms with van der Waals surface area (Å²) in [7, 11) is 1.92. The second-order valence-corrected chi connectivity index (χ2v) is 5.24. The lowest BCUT2D eigenvalue weighted by Gasteiger charge is -1.99. The lowest BCUT2D eigenvalue weighted by atomic mass is 10.1. The van der Waals surface area contributed by atoms with Gasteiger partial charge in [0, 0.05) is 23.2 Å². The molecule has 0 aliphatic carbocycles. The summed E-state index contributed by atoms with van der Waals surface area (Å²) >= 11 is 0. The second kappa shape index (κ2) is 7.98. The Bertz CT molecular complexity index is 777. The SMILES string of the molecule is CNCc1cccc(C#Cc2ccc(/C=C(\C)C(=O)O)cc2)c1. The summed E-state index contributed by atoms with van der Waals surface area (Å²) in [5.41, 5.74) is 4.23. The first-order chi connectivity index (χ1) is 11.1. The average molecular weight is 305 g/mol. The predicted octanol–water partition coefficient (Wildman–Crippen LogP) is 3.29. The van der Waals surface area contributed by atoms with E-state index in [4.69, 9.17) is 5.11 Å². The Hall–Kier alpha value is -2.83. The summed E-state index contributed by atoms with van der Waals surface area (Å²) in [6, 6.07) is 15.6. The second-order valence-electron chi connectivity index (χ2n) is 5.24. The van der Waals surface area contributed by atoms with Gasteiger partial charge in [0.2, 0.25) is 0 Å². The molecular weight excluding hydrogens is 286 g/mol. The van der Waals surface area contributed by atoms with Crippen LogP contribution in [0, 0.1) is 11.8 Å². The van der Waals surface area contributed by atoms with E-state index in [2.05, 4.69) is 29.3 Å². The molecule has 0 saturated heterocycles. The molecule has 0 heterocycles. The van der Waals surface area contributed by atoms with E-state index in [9.17, 15) is 4.79 Å². The van der Waals surface area contributed by atoms with E-state index in [0.29, 0.717) is 5.57 Å². The first-order valence-corrected chi connectivity index (χ1v) is 7.35. The standard InChI is InChI=1S/C20H19NO2/c1-15(20(22)23)12-18-10-7-16(8-11-18)6-9-17-4-3-5-19(13-17)14-21-2/h3-5,7-8,10-13,21H,14H2,1-2H3,(H,22,23)/b15-12+. The van der Waals surface area contributed by atoms with Crippen molar-refractivity contribution in [3.05, 3.63) is 76.4 Å². The Balaban J connectivity index is 2.14. The average Bonchev–Trinajstić information content (AvgIpc) is 2.55. The normalized spacial score (nSPS) is 10.8. The number of carboxylic acids is 1. The first-order valence-electron chi connectivity index (χ1n) is 7.35. The zero-order chi connectivity index (χ0) is 16.7. The Labute approximate surface area is 136 Å². The fourth-order valence-corrected chi connectivity index (χ4v) is 2.08. The number of aliphatic carboxylic acids is 1. The Morgan fingerprint density at radius 3 is 2.48 bits per heavy atom. The summed E-state index contributed by atoms with van der Waals surface area (Å²) in [4.78, 5) is 10.8. The maximum Gasteiger partial charge on any atom is 0.331 e. The smallest absolute Gasteiger partial charge is 0.331 e. The molecule has 2 rings (SSSR count). The Morgan fingerprint density at radius 2 is 1.83 bits per heavy atom. The molecule has 0 atom stereocenters. The third-order valence-electron chi connectivity index (χ3n) is 3.29. The van der Waals surface area contributed by atoms with E-state index in [1.54, 1.807) is 13.0 Å². The summed E-state index contributed by atoms with van der Waals surface area (Å²) in [5.74, 6) is 5.37. The number of carboxylic acid groups (broad SMARTS) is 1. The van der Waals surface area contributed by atoms with Crippen molar-refractivity contribution in [3.63, 3.8) is 0 Å². The zero-order valence-corrected chi connectivity index (χ0v) is 13.3. The summed E-state index contributed by atoms with van der Waals surface area (Å²) in [5, 5.41) is 12.0. The van der Waals surface area contributed by atoms with Gasteiger partial charge in [-0.25, -0.2) is 4.79 Å². The van der Waals surface area contributed by atoms with Crippen LogP contribution in [-0.2, 0) is 11.3 Å². The molecular formula is C20H19NO2. The lowest BCUT2D eigenvalue weighted by Crippen LogP contribution is -2.04. The number of hydrogen-bond acceptors (Lipinski definition) is 2. The molecule has 0 bridgehead atoms. The van der Waals surface area contributed by atoms with Gasteiger partial charge in [-0.2, -0.15) is 0 Å². The molecule has 2 aromatic carbocycles. The molecule has 23 heavy (non-hydrogen) atoms. The third-order valence-corrected chi connectivity index (χ3v) is 3.29. The van der Waals surface area contributed by atoms with Gasteiger partial charge in [0.1, 0.15) is 0 Å². The molecule has 2 N–H and O–H groups in total. The van der Waals surface area contributed by atoms with Crippen LogP contribution in [-0.4, -0.2) is 18.1 Å². The molecule has 0 amide bonds. The van der Waals surface area contributed by atoms with E-state index in [-0.39, 0.29) is 0 Å². The lowest BCUT2D eigenvalue weighted by molar-refractivity contribution is -0.132. The number of benzene rings is 2. The van der Waals surface area contributed by atoms with Crippen LogP contribution in [0.1, 0.15) is 29.2 Å². The van der Waals surface area contributed by atoms with Gasteiger partial charge in [-0.3, -0.25) is 0 Å². The summed E-state index contributed by atoms with van der Waals surface area (Å²) in [6.07, 6.45) is 1.64. The topological polar surface area (TPSA) is 49.3 Å². The highest BCUT2D eigenvalue weighted by Gasteiger charge is 1.99. The summed E-state index contributed by atoms with van der Waals surface area (Å²) < 4.78 is 0. The molecule has 0 saturated carbocycles. The highest BCUT2D eigenvalue weighted by Crippen LogP contribution is 2.09. The Kier molecular flexibility index (Phi) is 5.74. The van der Waals surface area contributed by atoms with Crippen molar-refractivity contribution in [1.29, 1.82) is 0 Å². The molecule has 0 spiro atoms. The number of hydrogen-bond donors (Lipinski definition) is 2. The van der Waals surface area contributed by atoms with E-state index in [1.807, 2.05) is 43.4 Å². The predicted molar refractivity (Wildman–Crippen MR) is 92.9 cm³/mol. The number of carbonyl (C=O) groups is 1. The van der Waals surface area contributed by atoms with E-state index >= 15 is 0 Å². The van der Waals surface area contributed by atoms with Crippen LogP contribution in [0.3, 0.4) is 0 Å². The van der Waals surface area contributed by atoms with Crippen molar-refractivity contribution in [1.82, 2.24) is 5.32 Å². The van der Waals surface area contributed by atoms with Crippen molar-refractivity contribution in [2.45, 2.75) is 13.5 Å². The minimum absolute atomic E-state index is 0.310. The van der Waals surface area contributed by atoms with Crippen LogP contribution >= 0.6 is 0 Å². The maximum atomic E-state index is 10.8. The van der Waals surface area contributed by atoms with E-state index in [0.717, 1.165) is 23.2 Å². The van der Waals surface area contributed by atoms with Crippen molar-refractivity contribution in [2.24, 2.45) is 0 Å². The minimum Gasteiger partial charge on any atom is -0.478 e. The highest BCUT2D eigenvalue weighted by molar-refractivity contribution is 5.91. The van der Waals surface area contributed by atoms with Crippen LogP contribution in [0.5, 0.6) is 0 Å². The number of nitrogens with one attached hydrogen (secondary N) is 1. The van der Waals surface area contributed by atoms with Crippen LogP contribution in [0.4, 0.5) is 0 Å². The van der Waals surface area contributed by atoms with Crippen molar-refractivity contribution in [3.8, 4) is 11.8 Å². The molecule has 0 aliphatic rings. The van der Waals surface area contributed by atoms with Gasteiger partial charge in [-0.1, -0.05) is 36.1 Å². The van der Waals surface area contributed by atoms with Gasteiger partial charge in [0.05, 0.1) is 0 Å². The van der Waals surface area contributed by atoms with Gasteiger partial charge in [0.15, 0.2) is 0 Å². The highest BCUT2D eigenvalue weighted by atomic mass is 16.4. The Morgan fingerprint density at radius 1 is 1.13 bits per heavy atom. The largest absolute Gasteiger partial charge is 0.478 e. The monoisotopic (exact) mass is 305 g/mol. The van der Waals surface area contributed by atoms with Crippen molar-refractivity contribution < 1.29 is 9.90 Å². The molecule has 0 fully saturated rings. The fourth-order valence-electron chi connectivity index (χ4n) is 2.08. The molecule has 0 radical (unpaired) electrons. The minimum atomic E-state index is -0.907. The van der Waals surface area contributed by atoms with Gasteiger partial charge >= 0.3 is 5.97 Å². The van der Waals surface area contributed by atoms with Crippen molar-refractivity contribution >= 4 is 12.0 Å². The van der Waals surface area contributed by atoms with E-state index < -0.39 is 5.97 Å². The van der Waals surface area contributed by atoms with Crippen molar-refractivity contribution in [2.75, 3.05) is 7.05 Å². The molecule has 3 heteroatoms. The summed E-state index contributed by atoms with van der Waals surface area (Å²) in [6.45, 7) is 2.40. The molecule has 3 nitrogen and oxygen atoms in total. The molecule has 0 aliphatic heterocycles. The van der Waals surface area contributed by atoms with Gasteiger partial charge in [-0.15, -0.1) is 0 Å². The fraction of sp³-hybridized carbons (Fsp3) is 0.150. The zero-order valence-electron chi connectivity index (χ0n) is 13.3. The van der Waals surface area contributed by atoms with Gasteiger partial charge in [-0.05, 0) is 55.4 Å². The van der Waals surface area contributed by atoms with E-state index in [1.165, 1.54) is 5.56 Å². The van der Waals surface area contributed by atoms with Gasteiger partial charge in [0.25, 0.3) is 0 Å². The molecule has 2 aromatic rings. The molecule has 0 aromatic heterocycles. The third kappa shape index (κ3) is 5.14. The molecule has 116 valence electrons. The quantitative estimate of drug-likeness (QED) is 0.673. The van der Waals surface area contributed by atoms with Crippen LogP contribution in [0.25, 0.3) is 6.08 Å². The van der Waals surface area contributed by atoms with Crippen LogP contribution in [0.2, 0.25) is 0 Å². The van der Waals surface area contributed by atoms with Crippen LogP contribution in [0.15, 0.2) is 54.1 Å². The maximum absolute atomic E-state index is 10.8. The molecule has 0 unspecified atom stereocenters. The number of rotatable bonds is 4. The van der Waals surface area contributed by atoms with Gasteiger partial charge < -0.3 is 10.4 Å². The van der Waals surface area contributed by atoms with Crippen LogP contribution < -0.4 is 5.32 Å².